The number of hydrogen-bond acceptors (Lipinski definition) is 5. The van der Waals surface area contributed by atoms with E-state index in [-0.39, 0.29) is 24.0 Å². The van der Waals surface area contributed by atoms with Crippen LogP contribution in [0.25, 0.3) is 0 Å². The molecule has 1 aromatic rings. The summed E-state index contributed by atoms with van der Waals surface area (Å²) in [5, 5.41) is 29.4. The third-order valence-electron chi connectivity index (χ3n) is 3.92. The van der Waals surface area contributed by atoms with Gasteiger partial charge in [0.05, 0.1) is 6.61 Å². The second-order valence-electron chi connectivity index (χ2n) is 5.27. The van der Waals surface area contributed by atoms with Crippen LogP contribution in [0, 0.1) is 0 Å². The number of aliphatic hydroxyl groups is 1. The number of rotatable bonds is 3. The fourth-order valence-electron chi connectivity index (χ4n) is 2.75. The summed E-state index contributed by atoms with van der Waals surface area (Å²) in [6.45, 7) is 1.96. The molecule has 1 aliphatic rings. The molecule has 110 valence electrons. The van der Waals surface area contributed by atoms with Crippen LogP contribution in [0.3, 0.4) is 0 Å². The van der Waals surface area contributed by atoms with E-state index in [1.807, 2.05) is 0 Å². The third kappa shape index (κ3) is 2.88. The molecule has 5 heteroatoms. The number of carbonyl (C=O) groups excluding carboxylic acids is 1. The molecule has 0 amide bonds. The SMILES string of the molecule is CCOC(=O)C1(O)CCC(c2ccc(O)cc2O)CC1. The largest absolute Gasteiger partial charge is 0.508 e. The summed E-state index contributed by atoms with van der Waals surface area (Å²) >= 11 is 0. The van der Waals surface area contributed by atoms with Crippen LogP contribution in [0.4, 0.5) is 0 Å². The molecule has 2 rings (SSSR count). The maximum atomic E-state index is 11.7. The molecule has 3 N–H and O–H groups in total. The van der Waals surface area contributed by atoms with E-state index in [0.29, 0.717) is 25.7 Å². The van der Waals surface area contributed by atoms with Crippen LogP contribution < -0.4 is 0 Å². The molecule has 1 aromatic carbocycles. The van der Waals surface area contributed by atoms with E-state index < -0.39 is 11.6 Å². The molecule has 0 heterocycles. The van der Waals surface area contributed by atoms with E-state index in [4.69, 9.17) is 4.74 Å². The number of aromatic hydroxyl groups is 2. The average molecular weight is 280 g/mol. The van der Waals surface area contributed by atoms with Crippen molar-refractivity contribution < 1.29 is 24.9 Å². The Balaban J connectivity index is 2.05. The minimum absolute atomic E-state index is 0.0186. The molecule has 0 aromatic heterocycles. The van der Waals surface area contributed by atoms with E-state index in [9.17, 15) is 20.1 Å². The highest BCUT2D eigenvalue weighted by atomic mass is 16.5. The Bertz CT molecular complexity index is 489. The summed E-state index contributed by atoms with van der Waals surface area (Å²) in [6, 6.07) is 4.52. The molecule has 0 saturated heterocycles. The zero-order valence-electron chi connectivity index (χ0n) is 11.5. The number of esters is 1. The maximum absolute atomic E-state index is 11.7. The number of ether oxygens (including phenoxy) is 1. The smallest absolute Gasteiger partial charge is 0.338 e. The monoisotopic (exact) mass is 280 g/mol. The third-order valence-corrected chi connectivity index (χ3v) is 3.92. The Kier molecular flexibility index (Phi) is 4.18. The molecule has 0 aliphatic heterocycles. The van der Waals surface area contributed by atoms with Gasteiger partial charge in [-0.2, -0.15) is 0 Å². The first-order valence-corrected chi connectivity index (χ1v) is 6.88. The zero-order valence-corrected chi connectivity index (χ0v) is 11.5. The van der Waals surface area contributed by atoms with Gasteiger partial charge in [0.1, 0.15) is 11.5 Å². The summed E-state index contributed by atoms with van der Waals surface area (Å²) in [5.41, 5.74) is -0.660. The Morgan fingerprint density at radius 3 is 2.55 bits per heavy atom. The molecular formula is C15H20O5. The average Bonchev–Trinajstić information content (AvgIpc) is 2.40. The number of benzene rings is 1. The van der Waals surface area contributed by atoms with Crippen molar-refractivity contribution in [1.29, 1.82) is 0 Å². The predicted molar refractivity (Wildman–Crippen MR) is 72.6 cm³/mol. The maximum Gasteiger partial charge on any atom is 0.338 e. The van der Waals surface area contributed by atoms with Crippen molar-refractivity contribution >= 4 is 5.97 Å². The predicted octanol–water partition coefficient (Wildman–Crippen LogP) is 2.05. The second-order valence-corrected chi connectivity index (χ2v) is 5.27. The lowest BCUT2D eigenvalue weighted by molar-refractivity contribution is -0.168. The van der Waals surface area contributed by atoms with Gasteiger partial charge in [-0.3, -0.25) is 0 Å². The van der Waals surface area contributed by atoms with Crippen molar-refractivity contribution in [3.63, 3.8) is 0 Å². The van der Waals surface area contributed by atoms with E-state index >= 15 is 0 Å². The van der Waals surface area contributed by atoms with Crippen molar-refractivity contribution in [2.75, 3.05) is 6.61 Å². The number of phenolic OH excluding ortho intramolecular Hbond substituents is 2. The van der Waals surface area contributed by atoms with Gasteiger partial charge in [-0.25, -0.2) is 4.79 Å². The molecule has 0 bridgehead atoms. The van der Waals surface area contributed by atoms with Crippen LogP contribution >= 0.6 is 0 Å². The zero-order chi connectivity index (χ0) is 14.8. The van der Waals surface area contributed by atoms with Crippen LogP contribution in [0.1, 0.15) is 44.1 Å². The van der Waals surface area contributed by atoms with Crippen LogP contribution in [0.2, 0.25) is 0 Å². The Morgan fingerprint density at radius 1 is 1.35 bits per heavy atom. The first-order chi connectivity index (χ1) is 9.46. The molecule has 0 unspecified atom stereocenters. The number of carbonyl (C=O) groups is 1. The lowest BCUT2D eigenvalue weighted by Gasteiger charge is -2.34. The molecule has 0 spiro atoms. The summed E-state index contributed by atoms with van der Waals surface area (Å²) in [5.74, 6) is -0.416. The van der Waals surface area contributed by atoms with E-state index in [2.05, 4.69) is 0 Å². The van der Waals surface area contributed by atoms with E-state index in [1.165, 1.54) is 12.1 Å². The standard InChI is InChI=1S/C15H20O5/c1-2-20-14(18)15(19)7-5-10(6-8-15)12-4-3-11(16)9-13(12)17/h3-4,9-10,16-17,19H,2,5-8H2,1H3. The van der Waals surface area contributed by atoms with Crippen LogP contribution in [0.5, 0.6) is 11.5 Å². The Morgan fingerprint density at radius 2 is 2.00 bits per heavy atom. The van der Waals surface area contributed by atoms with Gasteiger partial charge in [0.2, 0.25) is 0 Å². The molecule has 0 radical (unpaired) electrons. The normalized spacial score (nSPS) is 26.2. The van der Waals surface area contributed by atoms with Crippen LogP contribution in [-0.4, -0.2) is 33.5 Å². The van der Waals surface area contributed by atoms with E-state index in [1.54, 1.807) is 13.0 Å². The van der Waals surface area contributed by atoms with Crippen LogP contribution in [-0.2, 0) is 9.53 Å². The molecule has 1 fully saturated rings. The fraction of sp³-hybridized carbons (Fsp3) is 0.533. The summed E-state index contributed by atoms with van der Waals surface area (Å²) in [7, 11) is 0. The van der Waals surface area contributed by atoms with Crippen molar-refractivity contribution in [3.8, 4) is 11.5 Å². The highest BCUT2D eigenvalue weighted by Gasteiger charge is 2.41. The van der Waals surface area contributed by atoms with Crippen molar-refractivity contribution in [1.82, 2.24) is 0 Å². The van der Waals surface area contributed by atoms with Gasteiger partial charge in [0, 0.05) is 6.07 Å². The second kappa shape index (κ2) is 5.71. The first kappa shape index (κ1) is 14.7. The number of phenols is 2. The van der Waals surface area contributed by atoms with Crippen molar-refractivity contribution in [2.24, 2.45) is 0 Å². The minimum Gasteiger partial charge on any atom is -0.508 e. The molecule has 1 aliphatic carbocycles. The van der Waals surface area contributed by atoms with Gasteiger partial charge in [-0.15, -0.1) is 0 Å². The molecule has 1 saturated carbocycles. The van der Waals surface area contributed by atoms with E-state index in [0.717, 1.165) is 5.56 Å². The lowest BCUT2D eigenvalue weighted by Crippen LogP contribution is -2.43. The topological polar surface area (TPSA) is 87.0 Å². The van der Waals surface area contributed by atoms with Gasteiger partial charge in [0.25, 0.3) is 0 Å². The molecular weight excluding hydrogens is 260 g/mol. The summed E-state index contributed by atoms with van der Waals surface area (Å²) < 4.78 is 4.89. The lowest BCUT2D eigenvalue weighted by atomic mass is 9.76. The molecule has 5 nitrogen and oxygen atoms in total. The Labute approximate surface area is 117 Å². The quantitative estimate of drug-likeness (QED) is 0.738. The van der Waals surface area contributed by atoms with Gasteiger partial charge in [0.15, 0.2) is 5.60 Å². The summed E-state index contributed by atoms with van der Waals surface area (Å²) in [6.07, 6.45) is 1.81. The fourth-order valence-corrected chi connectivity index (χ4v) is 2.75. The van der Waals surface area contributed by atoms with Gasteiger partial charge in [-0.05, 0) is 50.2 Å². The minimum atomic E-state index is -1.40. The van der Waals surface area contributed by atoms with Gasteiger partial charge in [-0.1, -0.05) is 6.07 Å². The number of hydrogen-bond donors (Lipinski definition) is 3. The molecule has 20 heavy (non-hydrogen) atoms. The van der Waals surface area contributed by atoms with Gasteiger partial charge < -0.3 is 20.1 Å². The highest BCUT2D eigenvalue weighted by molar-refractivity contribution is 5.79. The molecule has 0 atom stereocenters. The van der Waals surface area contributed by atoms with Crippen molar-refractivity contribution in [2.45, 2.75) is 44.1 Å². The van der Waals surface area contributed by atoms with Crippen molar-refractivity contribution in [3.05, 3.63) is 23.8 Å². The van der Waals surface area contributed by atoms with Crippen LogP contribution in [0.15, 0.2) is 18.2 Å². The first-order valence-electron chi connectivity index (χ1n) is 6.88. The summed E-state index contributed by atoms with van der Waals surface area (Å²) in [4.78, 5) is 11.7. The highest BCUT2D eigenvalue weighted by Crippen LogP contribution is 2.42. The van der Waals surface area contributed by atoms with Gasteiger partial charge >= 0.3 is 5.97 Å². The Hall–Kier alpha value is -1.75.